The van der Waals surface area contributed by atoms with Gasteiger partial charge < -0.3 is 10.6 Å². The molecule has 1 fully saturated rings. The van der Waals surface area contributed by atoms with Crippen molar-refractivity contribution in [2.24, 2.45) is 18.4 Å². The van der Waals surface area contributed by atoms with Crippen molar-refractivity contribution in [1.82, 2.24) is 40.1 Å². The molecule has 2 aliphatic rings. The van der Waals surface area contributed by atoms with E-state index in [4.69, 9.17) is 0 Å². The normalized spacial score (nSPS) is 22.6. The molecule has 1 aliphatic carbocycles. The zero-order valence-corrected chi connectivity index (χ0v) is 21.4. The third kappa shape index (κ3) is 4.65. The van der Waals surface area contributed by atoms with Crippen LogP contribution in [0.2, 0.25) is 0 Å². The molecule has 198 valence electrons. The minimum atomic E-state index is -0.912. The number of piperidine rings is 1. The molecule has 3 aromatic heterocycles. The molecule has 1 aliphatic heterocycles. The number of benzene rings is 1. The van der Waals surface area contributed by atoms with Crippen LogP contribution >= 0.6 is 0 Å². The molecule has 1 saturated heterocycles. The summed E-state index contributed by atoms with van der Waals surface area (Å²) in [5, 5.41) is 19.1. The second kappa shape index (κ2) is 10.3. The molecule has 4 heterocycles. The van der Waals surface area contributed by atoms with Gasteiger partial charge >= 0.3 is 0 Å². The molecule has 0 saturated carbocycles. The molecule has 11 heteroatoms. The zero-order chi connectivity index (χ0) is 26.8. The highest BCUT2D eigenvalue weighted by atomic mass is 19.1. The fraction of sp³-hybridized carbons (Fsp3) is 0.286. The fourth-order valence-electron chi connectivity index (χ4n) is 5.69. The average molecular weight is 526 g/mol. The smallest absolute Gasteiger partial charge is 0.259 e. The van der Waals surface area contributed by atoms with Crippen molar-refractivity contribution in [3.8, 4) is 11.4 Å². The van der Waals surface area contributed by atoms with Crippen LogP contribution in [0.4, 0.5) is 16.2 Å². The summed E-state index contributed by atoms with van der Waals surface area (Å²) in [5.41, 5.74) is 0.952. The Morgan fingerprint density at radius 2 is 2.13 bits per heavy atom. The Hall–Kier alpha value is -4.51. The van der Waals surface area contributed by atoms with Crippen LogP contribution < -0.4 is 10.6 Å². The highest BCUT2D eigenvalue weighted by Gasteiger charge is 2.49. The van der Waals surface area contributed by atoms with Crippen LogP contribution in [0.1, 0.15) is 29.1 Å². The van der Waals surface area contributed by atoms with Crippen molar-refractivity contribution in [1.29, 1.82) is 0 Å². The van der Waals surface area contributed by atoms with Crippen LogP contribution in [0.5, 0.6) is 0 Å². The fourth-order valence-corrected chi connectivity index (χ4v) is 5.69. The van der Waals surface area contributed by atoms with Crippen LogP contribution in [-0.2, 0) is 7.05 Å². The van der Waals surface area contributed by atoms with Gasteiger partial charge in [-0.15, -0.1) is 5.10 Å². The number of nitrogens with one attached hydrogen (secondary N) is 2. The second-order valence-corrected chi connectivity index (χ2v) is 9.86. The number of carbonyl (C=O) groups excluding carboxylic acids is 1. The standard InChI is InChI=1S/C28H28FN9O/c1-37-25(10-15-33-37)35-27-31-14-9-23(34-27)24-18-32-36-38(24)26(39)28(11-3-2-4-12-28)22-17-30-13-8-21(22)19-6-5-7-20(29)16-19/h2-7,9-11,14-16,18,21-22,30H,8,12-13,17H2,1H3,(H,31,34,35). The van der Waals surface area contributed by atoms with Crippen LogP contribution in [0, 0.1) is 17.2 Å². The molecule has 0 bridgehead atoms. The third-order valence-electron chi connectivity index (χ3n) is 7.64. The van der Waals surface area contributed by atoms with Gasteiger partial charge in [-0.3, -0.25) is 9.48 Å². The summed E-state index contributed by atoms with van der Waals surface area (Å²) in [6, 6.07) is 10.2. The van der Waals surface area contributed by atoms with E-state index in [1.54, 1.807) is 35.3 Å². The summed E-state index contributed by atoms with van der Waals surface area (Å²) in [5.74, 6) is 0.455. The molecule has 4 aromatic rings. The van der Waals surface area contributed by atoms with Crippen LogP contribution in [-0.4, -0.2) is 53.7 Å². The molecule has 2 N–H and O–H groups in total. The number of allylic oxidation sites excluding steroid dienone is 4. The first-order valence-electron chi connectivity index (χ1n) is 12.9. The number of carbonyl (C=O) groups is 1. The van der Waals surface area contributed by atoms with E-state index >= 15 is 0 Å². The quantitative estimate of drug-likeness (QED) is 0.390. The Morgan fingerprint density at radius 1 is 1.21 bits per heavy atom. The highest BCUT2D eigenvalue weighted by molar-refractivity contribution is 5.90. The third-order valence-corrected chi connectivity index (χ3v) is 7.64. The van der Waals surface area contributed by atoms with Gasteiger partial charge in [-0.05, 0) is 61.5 Å². The van der Waals surface area contributed by atoms with E-state index in [0.717, 1.165) is 24.3 Å². The van der Waals surface area contributed by atoms with Gasteiger partial charge in [0.05, 0.1) is 23.5 Å². The van der Waals surface area contributed by atoms with Crippen molar-refractivity contribution >= 4 is 17.7 Å². The van der Waals surface area contributed by atoms with Crippen LogP contribution in [0.15, 0.2) is 79.3 Å². The Morgan fingerprint density at radius 3 is 2.92 bits per heavy atom. The maximum absolute atomic E-state index is 14.5. The van der Waals surface area contributed by atoms with Gasteiger partial charge in [0.1, 0.15) is 17.3 Å². The van der Waals surface area contributed by atoms with E-state index in [-0.39, 0.29) is 23.6 Å². The maximum Gasteiger partial charge on any atom is 0.259 e. The molecule has 3 unspecified atom stereocenters. The summed E-state index contributed by atoms with van der Waals surface area (Å²) in [7, 11) is 1.81. The largest absolute Gasteiger partial charge is 0.316 e. The van der Waals surface area contributed by atoms with Gasteiger partial charge in [0, 0.05) is 19.3 Å². The molecule has 0 radical (unpaired) electrons. The van der Waals surface area contributed by atoms with Crippen molar-refractivity contribution in [3.63, 3.8) is 0 Å². The van der Waals surface area contributed by atoms with Gasteiger partial charge in [0.15, 0.2) is 0 Å². The first-order valence-corrected chi connectivity index (χ1v) is 12.9. The summed E-state index contributed by atoms with van der Waals surface area (Å²) in [6.07, 6.45) is 14.0. The molecule has 3 atom stereocenters. The van der Waals surface area contributed by atoms with Crippen molar-refractivity contribution in [2.75, 3.05) is 18.4 Å². The average Bonchev–Trinajstić information content (AvgIpc) is 3.62. The first-order chi connectivity index (χ1) is 19.0. The summed E-state index contributed by atoms with van der Waals surface area (Å²) in [4.78, 5) is 23.4. The highest BCUT2D eigenvalue weighted by Crippen LogP contribution is 2.47. The molecule has 39 heavy (non-hydrogen) atoms. The molecule has 0 amide bonds. The minimum absolute atomic E-state index is 0.0113. The summed E-state index contributed by atoms with van der Waals surface area (Å²) < 4.78 is 17.2. The van der Waals surface area contributed by atoms with Gasteiger partial charge in [0.2, 0.25) is 5.95 Å². The summed E-state index contributed by atoms with van der Waals surface area (Å²) in [6.45, 7) is 1.41. The SMILES string of the molecule is Cn1nccc1Nc1nccc(-c2cnnn2C(=O)C2(C3CNCCC3c3cccc(F)c3)C=CC=CC2)n1. The van der Waals surface area contributed by atoms with Gasteiger partial charge in [0.25, 0.3) is 5.91 Å². The van der Waals surface area contributed by atoms with E-state index < -0.39 is 5.41 Å². The minimum Gasteiger partial charge on any atom is -0.316 e. The predicted octanol–water partition coefficient (Wildman–Crippen LogP) is 3.89. The van der Waals surface area contributed by atoms with Crippen LogP contribution in [0.25, 0.3) is 11.4 Å². The molecule has 10 nitrogen and oxygen atoms in total. The van der Waals surface area contributed by atoms with Crippen molar-refractivity contribution in [3.05, 3.63) is 90.7 Å². The van der Waals surface area contributed by atoms with Crippen LogP contribution in [0.3, 0.4) is 0 Å². The summed E-state index contributed by atoms with van der Waals surface area (Å²) >= 11 is 0. The van der Waals surface area contributed by atoms with Crippen molar-refractivity contribution < 1.29 is 9.18 Å². The predicted molar refractivity (Wildman–Crippen MR) is 144 cm³/mol. The number of rotatable bonds is 6. The van der Waals surface area contributed by atoms with Gasteiger partial charge in [-0.1, -0.05) is 41.7 Å². The molecular weight excluding hydrogens is 497 g/mol. The Bertz CT molecular complexity index is 1560. The lowest BCUT2D eigenvalue weighted by Crippen LogP contribution is -2.50. The van der Waals surface area contributed by atoms with E-state index in [0.29, 0.717) is 30.3 Å². The Kier molecular flexibility index (Phi) is 6.57. The van der Waals surface area contributed by atoms with E-state index in [1.807, 2.05) is 43.5 Å². The number of aromatic nitrogens is 7. The Balaban J connectivity index is 1.37. The monoisotopic (exact) mass is 525 g/mol. The Labute approximate surface area is 224 Å². The van der Waals surface area contributed by atoms with E-state index in [9.17, 15) is 9.18 Å². The number of anilines is 2. The number of aryl methyl sites for hydroxylation is 1. The van der Waals surface area contributed by atoms with E-state index in [1.165, 1.54) is 16.9 Å². The molecular formula is C28H28FN9O. The topological polar surface area (TPSA) is 115 Å². The molecule has 0 spiro atoms. The van der Waals surface area contributed by atoms with E-state index in [2.05, 4.69) is 36.0 Å². The second-order valence-electron chi connectivity index (χ2n) is 9.86. The number of nitrogens with zero attached hydrogens (tertiary/aromatic N) is 7. The lowest BCUT2D eigenvalue weighted by Gasteiger charge is -2.44. The number of hydrogen-bond acceptors (Lipinski definition) is 8. The van der Waals surface area contributed by atoms with Gasteiger partial charge in [-0.2, -0.15) is 9.78 Å². The maximum atomic E-state index is 14.5. The van der Waals surface area contributed by atoms with Crippen molar-refractivity contribution in [2.45, 2.75) is 18.8 Å². The zero-order valence-electron chi connectivity index (χ0n) is 21.4. The number of hydrogen-bond donors (Lipinski definition) is 2. The van der Waals surface area contributed by atoms with Gasteiger partial charge in [-0.25, -0.2) is 14.4 Å². The lowest BCUT2D eigenvalue weighted by molar-refractivity contribution is 0.0587. The lowest BCUT2D eigenvalue weighted by atomic mass is 9.62. The first kappa shape index (κ1) is 24.8. The molecule has 1 aromatic carbocycles. The number of halogens is 1. The molecule has 6 rings (SSSR count).